The minimum absolute atomic E-state index is 0.0153. The fourth-order valence-corrected chi connectivity index (χ4v) is 5.52. The molecule has 0 saturated carbocycles. The third-order valence-corrected chi connectivity index (χ3v) is 7.42. The second-order valence-corrected chi connectivity index (χ2v) is 10.0. The van der Waals surface area contributed by atoms with E-state index in [1.165, 1.54) is 4.88 Å². The molecule has 1 aliphatic heterocycles. The Kier molecular flexibility index (Phi) is 8.27. The molecule has 8 heteroatoms. The Bertz CT molecular complexity index is 1150. The molecule has 0 spiro atoms. The van der Waals surface area contributed by atoms with Crippen molar-refractivity contribution in [2.45, 2.75) is 18.9 Å². The predicted octanol–water partition coefficient (Wildman–Crippen LogP) is 5.71. The van der Waals surface area contributed by atoms with E-state index >= 15 is 0 Å². The van der Waals surface area contributed by atoms with Crippen molar-refractivity contribution in [3.8, 4) is 0 Å². The normalized spacial score (nSPS) is 15.1. The van der Waals surface area contributed by atoms with Crippen molar-refractivity contribution in [3.05, 3.63) is 91.6 Å². The molecule has 2 heterocycles. The van der Waals surface area contributed by atoms with E-state index < -0.39 is 0 Å². The Hall–Kier alpha value is -2.38. The first-order chi connectivity index (χ1) is 16.5. The zero-order valence-corrected chi connectivity index (χ0v) is 21.2. The molecule has 0 bridgehead atoms. The third-order valence-electron chi connectivity index (χ3n) is 5.93. The Morgan fingerprint density at radius 2 is 1.91 bits per heavy atom. The van der Waals surface area contributed by atoms with Crippen LogP contribution in [0.5, 0.6) is 0 Å². The molecule has 1 unspecified atom stereocenters. The average Bonchev–Trinajstić information content (AvgIpc) is 3.32. The Balaban J connectivity index is 1.60. The molecule has 0 radical (unpaired) electrons. The van der Waals surface area contributed by atoms with E-state index in [1.54, 1.807) is 47.6 Å². The van der Waals surface area contributed by atoms with Gasteiger partial charge in [0.2, 0.25) is 5.91 Å². The van der Waals surface area contributed by atoms with Gasteiger partial charge in [-0.05, 0) is 65.7 Å². The van der Waals surface area contributed by atoms with E-state index in [2.05, 4.69) is 11.4 Å². The van der Waals surface area contributed by atoms with Crippen LogP contribution in [0.1, 0.15) is 38.8 Å². The SMILES string of the molecule is COCCCN(CC(=O)N1CCc2sccc2C1c1ccc(Cl)cc1)C(=O)c1cccc(Cl)c1. The van der Waals surface area contributed by atoms with Crippen molar-refractivity contribution in [3.63, 3.8) is 0 Å². The van der Waals surface area contributed by atoms with E-state index in [4.69, 9.17) is 27.9 Å². The highest BCUT2D eigenvalue weighted by atomic mass is 35.5. The summed E-state index contributed by atoms with van der Waals surface area (Å²) in [4.78, 5) is 31.7. The summed E-state index contributed by atoms with van der Waals surface area (Å²) in [5.41, 5.74) is 2.61. The fourth-order valence-electron chi connectivity index (χ4n) is 4.30. The van der Waals surface area contributed by atoms with Gasteiger partial charge in [-0.3, -0.25) is 9.59 Å². The number of hydrogen-bond donors (Lipinski definition) is 0. The summed E-state index contributed by atoms with van der Waals surface area (Å²) in [5.74, 6) is -0.312. The second kappa shape index (κ2) is 11.4. The van der Waals surface area contributed by atoms with Crippen LogP contribution in [0.2, 0.25) is 10.0 Å². The van der Waals surface area contributed by atoms with Crippen molar-refractivity contribution in [1.29, 1.82) is 0 Å². The largest absolute Gasteiger partial charge is 0.385 e. The number of fused-ring (bicyclic) bond motifs is 1. The topological polar surface area (TPSA) is 49.9 Å². The minimum atomic E-state index is -0.219. The van der Waals surface area contributed by atoms with Gasteiger partial charge >= 0.3 is 0 Å². The van der Waals surface area contributed by atoms with Crippen LogP contribution in [-0.2, 0) is 16.0 Å². The van der Waals surface area contributed by atoms with E-state index in [0.29, 0.717) is 41.7 Å². The standard InChI is InChI=1S/C26H26Cl2N2O3S/c1-33-14-3-12-29(26(32)19-4-2-5-21(28)16-19)17-24(31)30-13-10-23-22(11-15-34-23)25(30)18-6-8-20(27)9-7-18/h2,4-9,11,15-16,25H,3,10,12-14,17H2,1H3. The molecular formula is C26H26Cl2N2O3S. The van der Waals surface area contributed by atoms with Gasteiger partial charge in [-0.15, -0.1) is 11.3 Å². The first-order valence-electron chi connectivity index (χ1n) is 11.1. The van der Waals surface area contributed by atoms with Crippen molar-refractivity contribution in [1.82, 2.24) is 9.80 Å². The van der Waals surface area contributed by atoms with Gasteiger partial charge in [0.1, 0.15) is 6.54 Å². The molecule has 5 nitrogen and oxygen atoms in total. The maximum absolute atomic E-state index is 13.7. The molecule has 34 heavy (non-hydrogen) atoms. The van der Waals surface area contributed by atoms with Gasteiger partial charge in [-0.1, -0.05) is 41.4 Å². The van der Waals surface area contributed by atoms with Crippen molar-refractivity contribution >= 4 is 46.4 Å². The van der Waals surface area contributed by atoms with Crippen LogP contribution in [0.4, 0.5) is 0 Å². The summed E-state index contributed by atoms with van der Waals surface area (Å²) >= 11 is 13.9. The van der Waals surface area contributed by atoms with Crippen LogP contribution in [-0.4, -0.2) is 55.0 Å². The van der Waals surface area contributed by atoms with Gasteiger partial charge in [-0.25, -0.2) is 0 Å². The van der Waals surface area contributed by atoms with Gasteiger partial charge in [0.15, 0.2) is 0 Å². The number of methoxy groups -OCH3 is 1. The highest BCUT2D eigenvalue weighted by Crippen LogP contribution is 2.38. The van der Waals surface area contributed by atoms with Crippen LogP contribution in [0, 0.1) is 0 Å². The number of halogens is 2. The number of benzene rings is 2. The summed E-state index contributed by atoms with van der Waals surface area (Å²) in [6.45, 7) is 1.49. The monoisotopic (exact) mass is 516 g/mol. The number of rotatable bonds is 8. The molecule has 1 aromatic heterocycles. The maximum Gasteiger partial charge on any atom is 0.254 e. The van der Waals surface area contributed by atoms with E-state index in [9.17, 15) is 9.59 Å². The molecule has 178 valence electrons. The Labute approximate surface area is 213 Å². The van der Waals surface area contributed by atoms with E-state index in [-0.39, 0.29) is 24.4 Å². The van der Waals surface area contributed by atoms with Crippen LogP contribution < -0.4 is 0 Å². The highest BCUT2D eigenvalue weighted by Gasteiger charge is 2.34. The summed E-state index contributed by atoms with van der Waals surface area (Å²) in [5, 5.41) is 3.21. The molecule has 0 saturated heterocycles. The summed E-state index contributed by atoms with van der Waals surface area (Å²) in [6.07, 6.45) is 1.43. The van der Waals surface area contributed by atoms with Crippen molar-refractivity contribution < 1.29 is 14.3 Å². The zero-order valence-electron chi connectivity index (χ0n) is 18.9. The maximum atomic E-state index is 13.7. The molecule has 3 aromatic rings. The third kappa shape index (κ3) is 5.63. The van der Waals surface area contributed by atoms with Crippen molar-refractivity contribution in [2.75, 3.05) is 33.4 Å². The molecule has 0 aliphatic carbocycles. The van der Waals surface area contributed by atoms with Crippen molar-refractivity contribution in [2.24, 2.45) is 0 Å². The van der Waals surface area contributed by atoms with Gasteiger partial charge in [-0.2, -0.15) is 0 Å². The average molecular weight is 517 g/mol. The number of hydrogen-bond acceptors (Lipinski definition) is 4. The molecule has 2 amide bonds. The lowest BCUT2D eigenvalue weighted by Gasteiger charge is -2.37. The molecule has 0 N–H and O–H groups in total. The number of carbonyl (C=O) groups is 2. The first kappa shape index (κ1) is 24.7. The van der Waals surface area contributed by atoms with Crippen LogP contribution in [0.25, 0.3) is 0 Å². The Morgan fingerprint density at radius 1 is 1.12 bits per heavy atom. The number of nitrogens with zero attached hydrogens (tertiary/aromatic N) is 2. The zero-order chi connectivity index (χ0) is 24.1. The molecule has 4 rings (SSSR count). The van der Waals surface area contributed by atoms with Gasteiger partial charge < -0.3 is 14.5 Å². The fraction of sp³-hybridized carbons (Fsp3) is 0.308. The number of thiophene rings is 1. The summed E-state index contributed by atoms with van der Waals surface area (Å²) < 4.78 is 5.17. The highest BCUT2D eigenvalue weighted by molar-refractivity contribution is 7.10. The van der Waals surface area contributed by atoms with Gasteiger partial charge in [0.05, 0.1) is 6.04 Å². The Morgan fingerprint density at radius 3 is 2.65 bits per heavy atom. The smallest absolute Gasteiger partial charge is 0.254 e. The number of amides is 2. The number of carbonyl (C=O) groups excluding carboxylic acids is 2. The lowest BCUT2D eigenvalue weighted by Crippen LogP contribution is -2.47. The molecular weight excluding hydrogens is 491 g/mol. The van der Waals surface area contributed by atoms with E-state index in [1.807, 2.05) is 29.2 Å². The summed E-state index contributed by atoms with van der Waals surface area (Å²) in [6, 6.07) is 16.3. The van der Waals surface area contributed by atoms with E-state index in [0.717, 1.165) is 17.5 Å². The predicted molar refractivity (Wildman–Crippen MR) is 137 cm³/mol. The molecule has 1 aliphatic rings. The van der Waals surface area contributed by atoms with Gasteiger partial charge in [0.25, 0.3) is 5.91 Å². The van der Waals surface area contributed by atoms with Crippen LogP contribution in [0.3, 0.4) is 0 Å². The van der Waals surface area contributed by atoms with Gasteiger partial charge in [0, 0.05) is 47.3 Å². The second-order valence-electron chi connectivity index (χ2n) is 8.17. The number of ether oxygens (including phenoxy) is 1. The summed E-state index contributed by atoms with van der Waals surface area (Å²) in [7, 11) is 1.62. The minimum Gasteiger partial charge on any atom is -0.385 e. The first-order valence-corrected chi connectivity index (χ1v) is 12.8. The molecule has 1 atom stereocenters. The lowest BCUT2D eigenvalue weighted by molar-refractivity contribution is -0.134. The van der Waals surface area contributed by atoms with Crippen LogP contribution >= 0.6 is 34.5 Å². The molecule has 0 fully saturated rings. The van der Waals surface area contributed by atoms with Crippen LogP contribution in [0.15, 0.2) is 60.0 Å². The lowest BCUT2D eigenvalue weighted by atomic mass is 9.93. The molecule has 2 aromatic carbocycles. The quantitative estimate of drug-likeness (QED) is 0.360.